The predicted octanol–water partition coefficient (Wildman–Crippen LogP) is 0.615. The molecule has 0 radical (unpaired) electrons. The van der Waals surface area contributed by atoms with Crippen LogP contribution in [-0.4, -0.2) is 35.7 Å². The van der Waals surface area contributed by atoms with Gasteiger partial charge in [-0.1, -0.05) is 6.07 Å². The number of carbonyl (C=O) groups excluding carboxylic acids is 1. The predicted molar refractivity (Wildman–Crippen MR) is 64.3 cm³/mol. The van der Waals surface area contributed by atoms with Crippen molar-refractivity contribution in [2.24, 2.45) is 0 Å². The number of carboxylic acids is 1. The van der Waals surface area contributed by atoms with Crippen molar-refractivity contribution in [1.29, 1.82) is 0 Å². The van der Waals surface area contributed by atoms with E-state index in [4.69, 9.17) is 9.84 Å². The summed E-state index contributed by atoms with van der Waals surface area (Å²) in [7, 11) is 1.42. The first-order valence-corrected chi connectivity index (χ1v) is 5.07. The number of hydrogen-bond acceptors (Lipinski definition) is 4. The molecule has 96 valence electrons. The Kier molecular flexibility index (Phi) is 4.74. The lowest BCUT2D eigenvalue weighted by Crippen LogP contribution is -2.27. The number of carboxylic acid groups (broad SMARTS) is 1. The summed E-state index contributed by atoms with van der Waals surface area (Å²) in [6.07, 6.45) is 2.69. The Morgan fingerprint density at radius 1 is 1.44 bits per heavy atom. The fraction of sp³-hybridized carbons (Fsp3) is 0.167. The Balaban J connectivity index is 2.66. The van der Waals surface area contributed by atoms with E-state index in [0.29, 0.717) is 11.3 Å². The topological polar surface area (TPSA) is 95.9 Å². The van der Waals surface area contributed by atoms with E-state index in [1.165, 1.54) is 25.3 Å². The highest BCUT2D eigenvalue weighted by Gasteiger charge is 2.02. The largest absolute Gasteiger partial charge is 0.504 e. The van der Waals surface area contributed by atoms with Crippen molar-refractivity contribution in [2.45, 2.75) is 0 Å². The monoisotopic (exact) mass is 251 g/mol. The molecule has 1 aromatic carbocycles. The summed E-state index contributed by atoms with van der Waals surface area (Å²) in [5, 5.41) is 19.9. The smallest absolute Gasteiger partial charge is 0.322 e. The molecule has 1 aromatic rings. The van der Waals surface area contributed by atoms with Crippen LogP contribution in [0.15, 0.2) is 24.3 Å². The number of rotatable bonds is 5. The minimum absolute atomic E-state index is 0.00461. The van der Waals surface area contributed by atoms with Crippen molar-refractivity contribution in [3.8, 4) is 11.5 Å². The summed E-state index contributed by atoms with van der Waals surface area (Å²) in [5.41, 5.74) is 0.648. The van der Waals surface area contributed by atoms with Gasteiger partial charge in [0.1, 0.15) is 6.54 Å². The van der Waals surface area contributed by atoms with Gasteiger partial charge in [-0.25, -0.2) is 0 Å². The van der Waals surface area contributed by atoms with Gasteiger partial charge in [0.25, 0.3) is 0 Å². The lowest BCUT2D eigenvalue weighted by atomic mass is 10.2. The van der Waals surface area contributed by atoms with Crippen molar-refractivity contribution in [3.63, 3.8) is 0 Å². The van der Waals surface area contributed by atoms with Gasteiger partial charge in [0.15, 0.2) is 11.5 Å². The zero-order valence-electron chi connectivity index (χ0n) is 9.71. The van der Waals surface area contributed by atoms with Gasteiger partial charge in [-0.2, -0.15) is 0 Å². The maximum absolute atomic E-state index is 11.2. The molecular weight excluding hydrogens is 238 g/mol. The number of phenols is 1. The first kappa shape index (κ1) is 13.6. The molecule has 0 unspecified atom stereocenters. The summed E-state index contributed by atoms with van der Waals surface area (Å²) < 4.78 is 4.91. The summed E-state index contributed by atoms with van der Waals surface area (Å²) in [6.45, 7) is -0.428. The maximum atomic E-state index is 11.2. The number of nitrogens with one attached hydrogen (secondary N) is 1. The summed E-state index contributed by atoms with van der Waals surface area (Å²) in [4.78, 5) is 21.4. The molecule has 1 amide bonds. The quantitative estimate of drug-likeness (QED) is 0.666. The number of methoxy groups -OCH3 is 1. The molecule has 0 fully saturated rings. The lowest BCUT2D eigenvalue weighted by Gasteiger charge is -2.03. The van der Waals surface area contributed by atoms with Crippen LogP contribution in [0.3, 0.4) is 0 Å². The van der Waals surface area contributed by atoms with E-state index in [0.717, 1.165) is 0 Å². The minimum atomic E-state index is -1.11. The molecule has 0 aromatic heterocycles. The highest BCUT2D eigenvalue weighted by Crippen LogP contribution is 2.26. The van der Waals surface area contributed by atoms with Gasteiger partial charge >= 0.3 is 5.97 Å². The van der Waals surface area contributed by atoms with Crippen LogP contribution in [0.2, 0.25) is 0 Å². The summed E-state index contributed by atoms with van der Waals surface area (Å²) in [5.74, 6) is -1.32. The van der Waals surface area contributed by atoms with Gasteiger partial charge in [0.05, 0.1) is 7.11 Å². The van der Waals surface area contributed by atoms with Crippen LogP contribution in [0.5, 0.6) is 11.5 Å². The molecule has 6 nitrogen and oxygen atoms in total. The first-order chi connectivity index (χ1) is 8.52. The fourth-order valence-electron chi connectivity index (χ4n) is 1.19. The van der Waals surface area contributed by atoms with Crippen LogP contribution in [0, 0.1) is 0 Å². The summed E-state index contributed by atoms with van der Waals surface area (Å²) >= 11 is 0. The highest BCUT2D eigenvalue weighted by atomic mass is 16.5. The molecule has 0 aliphatic rings. The Morgan fingerprint density at radius 3 is 2.78 bits per heavy atom. The second-order valence-corrected chi connectivity index (χ2v) is 3.38. The maximum Gasteiger partial charge on any atom is 0.322 e. The van der Waals surface area contributed by atoms with E-state index in [9.17, 15) is 14.7 Å². The third-order valence-electron chi connectivity index (χ3n) is 2.04. The highest BCUT2D eigenvalue weighted by molar-refractivity contribution is 5.93. The third-order valence-corrected chi connectivity index (χ3v) is 2.04. The van der Waals surface area contributed by atoms with Gasteiger partial charge in [-0.05, 0) is 23.8 Å². The molecule has 0 aliphatic carbocycles. The summed E-state index contributed by atoms with van der Waals surface area (Å²) in [6, 6.07) is 4.59. The Bertz CT molecular complexity index is 481. The van der Waals surface area contributed by atoms with Crippen LogP contribution in [0.1, 0.15) is 5.56 Å². The van der Waals surface area contributed by atoms with Gasteiger partial charge in [0, 0.05) is 6.08 Å². The van der Waals surface area contributed by atoms with Crippen molar-refractivity contribution < 1.29 is 24.5 Å². The fourth-order valence-corrected chi connectivity index (χ4v) is 1.19. The zero-order valence-corrected chi connectivity index (χ0v) is 9.71. The average Bonchev–Trinajstić information content (AvgIpc) is 2.35. The first-order valence-electron chi connectivity index (χ1n) is 5.07. The molecule has 0 atom stereocenters. The van der Waals surface area contributed by atoms with Crippen molar-refractivity contribution in [3.05, 3.63) is 29.8 Å². The van der Waals surface area contributed by atoms with Crippen molar-refractivity contribution in [1.82, 2.24) is 5.32 Å². The van der Waals surface area contributed by atoms with Gasteiger partial charge < -0.3 is 20.3 Å². The van der Waals surface area contributed by atoms with E-state index >= 15 is 0 Å². The third kappa shape index (κ3) is 4.17. The number of ether oxygens (including phenoxy) is 1. The Labute approximate surface area is 104 Å². The van der Waals surface area contributed by atoms with Crippen LogP contribution in [0.4, 0.5) is 0 Å². The van der Waals surface area contributed by atoms with Crippen LogP contribution < -0.4 is 10.1 Å². The van der Waals surface area contributed by atoms with Crippen LogP contribution in [0.25, 0.3) is 6.08 Å². The van der Waals surface area contributed by atoms with E-state index < -0.39 is 18.4 Å². The van der Waals surface area contributed by atoms with Gasteiger partial charge in [0.2, 0.25) is 5.91 Å². The average molecular weight is 251 g/mol. The zero-order chi connectivity index (χ0) is 13.5. The molecule has 3 N–H and O–H groups in total. The Hall–Kier alpha value is -2.50. The number of benzene rings is 1. The molecule has 1 rings (SSSR count). The number of aromatic hydroxyl groups is 1. The second-order valence-electron chi connectivity index (χ2n) is 3.38. The standard InChI is InChI=1S/C12H13NO5/c1-18-10-6-8(2-4-9(10)14)3-5-11(15)13-7-12(16)17/h2-6,14H,7H2,1H3,(H,13,15)(H,16,17)/b5-3+. The molecule has 6 heteroatoms. The van der Waals surface area contributed by atoms with Gasteiger partial charge in [-0.3, -0.25) is 9.59 Å². The van der Waals surface area contributed by atoms with E-state index in [1.54, 1.807) is 12.1 Å². The van der Waals surface area contributed by atoms with E-state index in [-0.39, 0.29) is 5.75 Å². The van der Waals surface area contributed by atoms with Crippen molar-refractivity contribution >= 4 is 18.0 Å². The Morgan fingerprint density at radius 2 is 2.17 bits per heavy atom. The van der Waals surface area contributed by atoms with E-state index in [2.05, 4.69) is 5.32 Å². The van der Waals surface area contributed by atoms with E-state index in [1.807, 2.05) is 0 Å². The van der Waals surface area contributed by atoms with Gasteiger partial charge in [-0.15, -0.1) is 0 Å². The number of phenolic OH excluding ortho intramolecular Hbond substituents is 1. The second kappa shape index (κ2) is 6.29. The minimum Gasteiger partial charge on any atom is -0.504 e. The van der Waals surface area contributed by atoms with Crippen LogP contribution >= 0.6 is 0 Å². The molecule has 0 heterocycles. The molecule has 0 saturated carbocycles. The lowest BCUT2D eigenvalue weighted by molar-refractivity contribution is -0.137. The number of aliphatic carboxylic acids is 1. The van der Waals surface area contributed by atoms with Crippen LogP contribution in [-0.2, 0) is 9.59 Å². The molecule has 0 aliphatic heterocycles. The molecular formula is C12H13NO5. The van der Waals surface area contributed by atoms with Crippen molar-refractivity contribution in [2.75, 3.05) is 13.7 Å². The molecule has 0 saturated heterocycles. The number of hydrogen-bond donors (Lipinski definition) is 3. The molecule has 18 heavy (non-hydrogen) atoms. The number of amides is 1. The normalized spacial score (nSPS) is 10.3. The molecule has 0 bridgehead atoms. The number of carbonyl (C=O) groups is 2. The molecule has 0 spiro atoms. The SMILES string of the molecule is COc1cc(/C=C/C(=O)NCC(=O)O)ccc1O.